The molecule has 4 nitrogen and oxygen atoms in total. The Morgan fingerprint density at radius 1 is 1.29 bits per heavy atom. The number of amides is 1. The van der Waals surface area contributed by atoms with Crippen molar-refractivity contribution in [2.24, 2.45) is 11.8 Å². The number of carbonyl (C=O) groups excluding carboxylic acids is 2. The summed E-state index contributed by atoms with van der Waals surface area (Å²) in [6, 6.07) is 0. The monoisotopic (exact) mass is 307 g/mol. The molecule has 0 spiro atoms. The second-order valence-electron chi connectivity index (χ2n) is 5.33. The fraction of sp³-hybridized carbons (Fsp3) is 0.833. The number of ketones is 1. The molecular weight excluding hydrogens is 286 g/mol. The van der Waals surface area contributed by atoms with Crippen molar-refractivity contribution >= 4 is 27.8 Å². The predicted octanol–water partition coefficient (Wildman–Crippen LogP) is 2.75. The molecular formula is C12H22BrNO3. The summed E-state index contributed by atoms with van der Waals surface area (Å²) in [5.41, 5.74) is -0.517. The Balaban J connectivity index is 4.23. The zero-order chi connectivity index (χ0) is 13.6. The zero-order valence-corrected chi connectivity index (χ0v) is 12.8. The van der Waals surface area contributed by atoms with Crippen LogP contribution in [0, 0.1) is 11.8 Å². The number of rotatable bonds is 5. The van der Waals surface area contributed by atoms with E-state index in [1.165, 1.54) is 0 Å². The fourth-order valence-electron chi connectivity index (χ4n) is 1.33. The number of nitrogens with one attached hydrogen (secondary N) is 1. The SMILES string of the molecule is CC(C)C(CNC(=O)OC(C)(C)C)C(=O)CBr. The molecule has 0 radical (unpaired) electrons. The topological polar surface area (TPSA) is 55.4 Å². The standard InChI is InChI=1S/C12H22BrNO3/c1-8(2)9(10(15)6-13)7-14-11(16)17-12(3,4)5/h8-9H,6-7H2,1-5H3,(H,14,16). The number of hydrogen-bond donors (Lipinski definition) is 1. The molecule has 0 saturated heterocycles. The summed E-state index contributed by atoms with van der Waals surface area (Å²) in [6.07, 6.45) is -0.481. The molecule has 0 aliphatic heterocycles. The molecule has 0 aliphatic carbocycles. The van der Waals surface area contributed by atoms with E-state index in [-0.39, 0.29) is 17.6 Å². The van der Waals surface area contributed by atoms with E-state index >= 15 is 0 Å². The van der Waals surface area contributed by atoms with Crippen LogP contribution >= 0.6 is 15.9 Å². The van der Waals surface area contributed by atoms with E-state index in [2.05, 4.69) is 21.2 Å². The number of carbonyl (C=O) groups is 2. The number of halogens is 1. The van der Waals surface area contributed by atoms with E-state index in [0.29, 0.717) is 11.9 Å². The van der Waals surface area contributed by atoms with Crippen LogP contribution in [0.1, 0.15) is 34.6 Å². The van der Waals surface area contributed by atoms with Crippen LogP contribution in [-0.4, -0.2) is 29.4 Å². The molecule has 0 bridgehead atoms. The Hall–Kier alpha value is -0.580. The van der Waals surface area contributed by atoms with Gasteiger partial charge in [-0.1, -0.05) is 29.8 Å². The molecule has 17 heavy (non-hydrogen) atoms. The van der Waals surface area contributed by atoms with E-state index < -0.39 is 11.7 Å². The first kappa shape index (κ1) is 16.4. The fourth-order valence-corrected chi connectivity index (χ4v) is 1.74. The third-order valence-corrected chi connectivity index (χ3v) is 2.77. The summed E-state index contributed by atoms with van der Waals surface area (Å²) in [5.74, 6) is 0.105. The first-order valence-corrected chi connectivity index (χ1v) is 6.85. The molecule has 0 aliphatic rings. The summed E-state index contributed by atoms with van der Waals surface area (Å²) < 4.78 is 5.11. The molecule has 0 aromatic rings. The van der Waals surface area contributed by atoms with Crippen molar-refractivity contribution in [2.75, 3.05) is 11.9 Å². The van der Waals surface area contributed by atoms with Gasteiger partial charge in [0, 0.05) is 12.5 Å². The average molecular weight is 308 g/mol. The Morgan fingerprint density at radius 2 is 1.82 bits per heavy atom. The van der Waals surface area contributed by atoms with Crippen LogP contribution in [0.5, 0.6) is 0 Å². The first-order chi connectivity index (χ1) is 7.67. The molecule has 0 fully saturated rings. The van der Waals surface area contributed by atoms with Gasteiger partial charge >= 0.3 is 6.09 Å². The van der Waals surface area contributed by atoms with Gasteiger partial charge in [-0.3, -0.25) is 4.79 Å². The summed E-state index contributed by atoms with van der Waals surface area (Å²) in [5, 5.41) is 2.94. The molecule has 1 atom stereocenters. The molecule has 5 heteroatoms. The smallest absolute Gasteiger partial charge is 0.407 e. The first-order valence-electron chi connectivity index (χ1n) is 5.73. The lowest BCUT2D eigenvalue weighted by atomic mass is 9.92. The minimum atomic E-state index is -0.517. The molecule has 0 aromatic heterocycles. The third-order valence-electron chi connectivity index (χ3n) is 2.22. The van der Waals surface area contributed by atoms with Crippen molar-refractivity contribution in [1.29, 1.82) is 0 Å². The van der Waals surface area contributed by atoms with Gasteiger partial charge in [0.1, 0.15) is 11.4 Å². The summed E-state index contributed by atoms with van der Waals surface area (Å²) in [7, 11) is 0. The lowest BCUT2D eigenvalue weighted by Crippen LogP contribution is -2.39. The lowest BCUT2D eigenvalue weighted by molar-refractivity contribution is -0.121. The van der Waals surface area contributed by atoms with E-state index in [0.717, 1.165) is 0 Å². The summed E-state index contributed by atoms with van der Waals surface area (Å²) >= 11 is 3.15. The molecule has 0 heterocycles. The molecule has 0 aromatic carbocycles. The molecule has 1 N–H and O–H groups in total. The lowest BCUT2D eigenvalue weighted by Gasteiger charge is -2.22. The second kappa shape index (κ2) is 6.99. The van der Waals surface area contributed by atoms with Gasteiger partial charge in [0.05, 0.1) is 5.33 Å². The Bertz CT molecular complexity index is 271. The van der Waals surface area contributed by atoms with Crippen molar-refractivity contribution in [3.05, 3.63) is 0 Å². The van der Waals surface area contributed by atoms with Crippen molar-refractivity contribution in [1.82, 2.24) is 5.32 Å². The number of hydrogen-bond acceptors (Lipinski definition) is 3. The van der Waals surface area contributed by atoms with Crippen LogP contribution in [0.2, 0.25) is 0 Å². The minimum absolute atomic E-state index is 0.0936. The molecule has 100 valence electrons. The molecule has 0 saturated carbocycles. The van der Waals surface area contributed by atoms with Gasteiger partial charge in [-0.25, -0.2) is 4.79 Å². The van der Waals surface area contributed by atoms with Crippen molar-refractivity contribution in [3.8, 4) is 0 Å². The van der Waals surface area contributed by atoms with Gasteiger partial charge < -0.3 is 10.1 Å². The quantitative estimate of drug-likeness (QED) is 0.795. The van der Waals surface area contributed by atoms with Crippen molar-refractivity contribution in [2.45, 2.75) is 40.2 Å². The number of ether oxygens (including phenoxy) is 1. The highest BCUT2D eigenvalue weighted by molar-refractivity contribution is 9.09. The van der Waals surface area contributed by atoms with Crippen molar-refractivity contribution in [3.63, 3.8) is 0 Å². The number of alkyl halides is 1. The van der Waals surface area contributed by atoms with E-state index in [1.54, 1.807) is 20.8 Å². The maximum Gasteiger partial charge on any atom is 0.407 e. The van der Waals surface area contributed by atoms with Gasteiger partial charge in [-0.2, -0.15) is 0 Å². The Labute approximate surface area is 112 Å². The highest BCUT2D eigenvalue weighted by atomic mass is 79.9. The second-order valence-corrected chi connectivity index (χ2v) is 5.89. The van der Waals surface area contributed by atoms with Crippen LogP contribution < -0.4 is 5.32 Å². The Morgan fingerprint density at radius 3 is 2.18 bits per heavy atom. The van der Waals surface area contributed by atoms with Gasteiger partial charge in [0.15, 0.2) is 0 Å². The largest absolute Gasteiger partial charge is 0.444 e. The van der Waals surface area contributed by atoms with E-state index in [9.17, 15) is 9.59 Å². The average Bonchev–Trinajstić information content (AvgIpc) is 2.14. The van der Waals surface area contributed by atoms with E-state index in [1.807, 2.05) is 13.8 Å². The highest BCUT2D eigenvalue weighted by Gasteiger charge is 2.23. The number of alkyl carbamates (subject to hydrolysis) is 1. The van der Waals surface area contributed by atoms with Crippen LogP contribution in [0.15, 0.2) is 0 Å². The van der Waals surface area contributed by atoms with Crippen LogP contribution in [0.25, 0.3) is 0 Å². The van der Waals surface area contributed by atoms with Gasteiger partial charge in [0.2, 0.25) is 0 Å². The Kier molecular flexibility index (Phi) is 6.75. The van der Waals surface area contributed by atoms with E-state index in [4.69, 9.17) is 4.74 Å². The summed E-state index contributed by atoms with van der Waals surface area (Å²) in [4.78, 5) is 23.1. The van der Waals surface area contributed by atoms with Crippen LogP contribution in [0.4, 0.5) is 4.79 Å². The highest BCUT2D eigenvalue weighted by Crippen LogP contribution is 2.13. The van der Waals surface area contributed by atoms with Crippen molar-refractivity contribution < 1.29 is 14.3 Å². The predicted molar refractivity (Wildman–Crippen MR) is 71.4 cm³/mol. The maximum absolute atomic E-state index is 11.6. The normalized spacial score (nSPS) is 13.4. The molecule has 1 amide bonds. The summed E-state index contributed by atoms with van der Waals surface area (Å²) in [6.45, 7) is 9.64. The van der Waals surface area contributed by atoms with Gasteiger partial charge in [-0.15, -0.1) is 0 Å². The van der Waals surface area contributed by atoms with Crippen LogP contribution in [0.3, 0.4) is 0 Å². The van der Waals surface area contributed by atoms with Gasteiger partial charge in [0.25, 0.3) is 0 Å². The van der Waals surface area contributed by atoms with Gasteiger partial charge in [-0.05, 0) is 26.7 Å². The zero-order valence-electron chi connectivity index (χ0n) is 11.2. The molecule has 1 unspecified atom stereocenters. The number of Topliss-reactive ketones (excluding diaryl/α,β-unsaturated/α-hetero) is 1. The van der Waals surface area contributed by atoms with Crippen LogP contribution in [-0.2, 0) is 9.53 Å². The molecule has 0 rings (SSSR count). The minimum Gasteiger partial charge on any atom is -0.444 e. The maximum atomic E-state index is 11.6. The third kappa shape index (κ3) is 7.36.